The van der Waals surface area contributed by atoms with Gasteiger partial charge < -0.3 is 9.88 Å². The lowest BCUT2D eigenvalue weighted by Crippen LogP contribution is -2.08. The fraction of sp³-hybridized carbons (Fsp3) is 0.538. The highest BCUT2D eigenvalue weighted by molar-refractivity contribution is 7.99. The van der Waals surface area contributed by atoms with Crippen molar-refractivity contribution < 1.29 is 0 Å². The lowest BCUT2D eigenvalue weighted by atomic mass is 10.3. The zero-order valence-corrected chi connectivity index (χ0v) is 13.2. The van der Waals surface area contributed by atoms with E-state index in [4.69, 9.17) is 0 Å². The van der Waals surface area contributed by atoms with Crippen LogP contribution in [0.1, 0.15) is 31.7 Å². The summed E-state index contributed by atoms with van der Waals surface area (Å²) in [5, 5.41) is 13.1. The van der Waals surface area contributed by atoms with Crippen LogP contribution in [0.2, 0.25) is 0 Å². The van der Waals surface area contributed by atoms with Gasteiger partial charge in [0.1, 0.15) is 23.0 Å². The third-order valence-corrected chi connectivity index (χ3v) is 4.01. The van der Waals surface area contributed by atoms with Gasteiger partial charge in [0, 0.05) is 25.6 Å². The molecule has 0 bridgehead atoms. The largest absolute Gasteiger partial charge is 0.370 e. The molecule has 0 aliphatic rings. The molecule has 0 radical (unpaired) electrons. The number of nitrogens with zero attached hydrogens (tertiary/aromatic N) is 5. The maximum Gasteiger partial charge on any atom is 0.197 e. The van der Waals surface area contributed by atoms with Crippen molar-refractivity contribution in [1.29, 1.82) is 0 Å². The summed E-state index contributed by atoms with van der Waals surface area (Å²) >= 11 is 1.52. The molecule has 7 heteroatoms. The predicted molar refractivity (Wildman–Crippen MR) is 80.1 cm³/mol. The lowest BCUT2D eigenvalue weighted by molar-refractivity contribution is 0.783. The van der Waals surface area contributed by atoms with Gasteiger partial charge in [0.2, 0.25) is 0 Å². The maximum atomic E-state index is 4.61. The first kappa shape index (κ1) is 14.8. The first-order valence-corrected chi connectivity index (χ1v) is 7.60. The third-order valence-electron chi connectivity index (χ3n) is 2.86. The Morgan fingerprint density at radius 3 is 2.70 bits per heavy atom. The number of aromatic nitrogens is 5. The molecule has 2 aromatic heterocycles. The number of hydrogen-bond acceptors (Lipinski definition) is 6. The number of rotatable bonds is 6. The Hall–Kier alpha value is -1.63. The van der Waals surface area contributed by atoms with Crippen molar-refractivity contribution >= 4 is 17.6 Å². The van der Waals surface area contributed by atoms with Gasteiger partial charge in [-0.1, -0.05) is 13.8 Å². The quantitative estimate of drug-likeness (QED) is 0.825. The van der Waals surface area contributed by atoms with Gasteiger partial charge in [0.05, 0.1) is 0 Å². The van der Waals surface area contributed by atoms with Crippen LogP contribution in [0.25, 0.3) is 0 Å². The van der Waals surface area contributed by atoms with E-state index in [9.17, 15) is 0 Å². The van der Waals surface area contributed by atoms with Gasteiger partial charge in [-0.05, 0) is 25.1 Å². The van der Waals surface area contributed by atoms with E-state index in [1.54, 1.807) is 6.33 Å². The molecule has 0 aliphatic heterocycles. The summed E-state index contributed by atoms with van der Waals surface area (Å²) < 4.78 is 1.89. The summed E-state index contributed by atoms with van der Waals surface area (Å²) in [4.78, 5) is 9.17. The Morgan fingerprint density at radius 2 is 2.10 bits per heavy atom. The maximum absolute atomic E-state index is 4.61. The Labute approximate surface area is 123 Å². The number of anilines is 1. The van der Waals surface area contributed by atoms with Gasteiger partial charge in [0.25, 0.3) is 0 Å². The molecule has 0 spiro atoms. The van der Waals surface area contributed by atoms with Crippen LogP contribution in [0.4, 0.5) is 5.82 Å². The molecule has 6 nitrogen and oxygen atoms in total. The molecule has 20 heavy (non-hydrogen) atoms. The second-order valence-electron chi connectivity index (χ2n) is 4.53. The van der Waals surface area contributed by atoms with E-state index in [2.05, 4.69) is 39.3 Å². The molecular formula is C13H20N6S. The molecule has 108 valence electrons. The van der Waals surface area contributed by atoms with Crippen molar-refractivity contribution in [3.8, 4) is 0 Å². The summed E-state index contributed by atoms with van der Waals surface area (Å²) in [5.41, 5.74) is 1.06. The summed E-state index contributed by atoms with van der Waals surface area (Å²) in [7, 11) is 1.93. The van der Waals surface area contributed by atoms with Crippen molar-refractivity contribution in [3.63, 3.8) is 0 Å². The Kier molecular flexibility index (Phi) is 4.94. The number of nitrogens with one attached hydrogen (secondary N) is 1. The molecule has 0 atom stereocenters. The van der Waals surface area contributed by atoms with Crippen molar-refractivity contribution in [2.75, 3.05) is 11.9 Å². The van der Waals surface area contributed by atoms with Crippen LogP contribution in [-0.4, -0.2) is 31.3 Å². The van der Waals surface area contributed by atoms with E-state index in [1.165, 1.54) is 11.8 Å². The molecule has 0 saturated carbocycles. The number of aryl methyl sites for hydroxylation is 2. The molecule has 2 rings (SSSR count). The normalized spacial score (nSPS) is 10.8. The van der Waals surface area contributed by atoms with Crippen LogP contribution < -0.4 is 5.32 Å². The minimum atomic E-state index is 0.813. The predicted octanol–water partition coefficient (Wildman–Crippen LogP) is 2.45. The topological polar surface area (TPSA) is 68.5 Å². The van der Waals surface area contributed by atoms with Crippen molar-refractivity contribution in [2.45, 2.75) is 43.8 Å². The van der Waals surface area contributed by atoms with E-state index in [1.807, 2.05) is 18.5 Å². The fourth-order valence-electron chi connectivity index (χ4n) is 1.66. The van der Waals surface area contributed by atoms with Gasteiger partial charge in [-0.2, -0.15) is 0 Å². The smallest absolute Gasteiger partial charge is 0.197 e. The van der Waals surface area contributed by atoms with Crippen LogP contribution in [0, 0.1) is 6.92 Å². The summed E-state index contributed by atoms with van der Waals surface area (Å²) in [6.45, 7) is 7.15. The molecular weight excluding hydrogens is 272 g/mol. The highest BCUT2D eigenvalue weighted by atomic mass is 32.2. The van der Waals surface area contributed by atoms with E-state index in [0.29, 0.717) is 0 Å². The molecule has 0 aromatic carbocycles. The van der Waals surface area contributed by atoms with Crippen LogP contribution >= 0.6 is 11.8 Å². The van der Waals surface area contributed by atoms with Gasteiger partial charge in [-0.25, -0.2) is 9.97 Å². The molecule has 0 aliphatic carbocycles. The second-order valence-corrected chi connectivity index (χ2v) is 5.48. The van der Waals surface area contributed by atoms with E-state index in [-0.39, 0.29) is 0 Å². The van der Waals surface area contributed by atoms with Crippen LogP contribution in [0.5, 0.6) is 0 Å². The van der Waals surface area contributed by atoms with Gasteiger partial charge in [0.15, 0.2) is 5.16 Å². The van der Waals surface area contributed by atoms with Crippen LogP contribution in [-0.2, 0) is 13.5 Å². The molecule has 2 aromatic rings. The summed E-state index contributed by atoms with van der Waals surface area (Å²) in [6, 6.07) is 0. The minimum Gasteiger partial charge on any atom is -0.370 e. The monoisotopic (exact) mass is 292 g/mol. The highest BCUT2D eigenvalue weighted by Gasteiger charge is 2.13. The Bertz CT molecular complexity index is 580. The Morgan fingerprint density at radius 1 is 1.30 bits per heavy atom. The Balaban J connectivity index is 2.33. The van der Waals surface area contributed by atoms with Crippen LogP contribution in [0.3, 0.4) is 0 Å². The fourth-order valence-corrected chi connectivity index (χ4v) is 2.52. The average Bonchev–Trinajstić information content (AvgIpc) is 2.85. The van der Waals surface area contributed by atoms with Crippen molar-refractivity contribution in [2.24, 2.45) is 7.05 Å². The van der Waals surface area contributed by atoms with E-state index >= 15 is 0 Å². The highest BCUT2D eigenvalue weighted by Crippen LogP contribution is 2.29. The molecule has 0 amide bonds. The minimum absolute atomic E-state index is 0.813. The van der Waals surface area contributed by atoms with Crippen molar-refractivity contribution in [3.05, 3.63) is 17.7 Å². The lowest BCUT2D eigenvalue weighted by Gasteiger charge is -2.12. The second kappa shape index (κ2) is 6.69. The standard InChI is InChI=1S/C13H20N6S/c1-5-7-14-11-9(3)12(17-10(6-2)16-11)20-13-18-15-8-19(13)4/h8H,5-7H2,1-4H3,(H,14,16,17). The van der Waals surface area contributed by atoms with Crippen molar-refractivity contribution in [1.82, 2.24) is 24.7 Å². The SMILES string of the molecule is CCCNc1nc(CC)nc(Sc2nncn2C)c1C. The van der Waals surface area contributed by atoms with E-state index in [0.717, 1.165) is 46.8 Å². The van der Waals surface area contributed by atoms with Crippen LogP contribution in [0.15, 0.2) is 16.5 Å². The zero-order valence-electron chi connectivity index (χ0n) is 12.3. The first-order valence-electron chi connectivity index (χ1n) is 6.78. The van der Waals surface area contributed by atoms with E-state index < -0.39 is 0 Å². The van der Waals surface area contributed by atoms with Gasteiger partial charge in [-0.3, -0.25) is 0 Å². The molecule has 2 heterocycles. The summed E-state index contributed by atoms with van der Waals surface area (Å²) in [5.74, 6) is 1.77. The zero-order chi connectivity index (χ0) is 14.5. The average molecular weight is 292 g/mol. The molecule has 0 fully saturated rings. The van der Waals surface area contributed by atoms with Gasteiger partial charge >= 0.3 is 0 Å². The third kappa shape index (κ3) is 3.27. The van der Waals surface area contributed by atoms with Gasteiger partial charge in [-0.15, -0.1) is 10.2 Å². The summed E-state index contributed by atoms with van der Waals surface area (Å²) in [6.07, 6.45) is 3.57. The molecule has 1 N–H and O–H groups in total. The molecule has 0 unspecified atom stereocenters. The number of hydrogen-bond donors (Lipinski definition) is 1. The molecule has 0 saturated heterocycles. The first-order chi connectivity index (χ1) is 9.65.